The van der Waals surface area contributed by atoms with Crippen molar-refractivity contribution in [3.63, 3.8) is 0 Å². The molecule has 2 fully saturated rings. The predicted octanol–water partition coefficient (Wildman–Crippen LogP) is 4.90. The normalized spacial score (nSPS) is 17.6. The van der Waals surface area contributed by atoms with E-state index in [0.29, 0.717) is 30.0 Å². The van der Waals surface area contributed by atoms with E-state index in [1.165, 1.54) is 22.9 Å². The molecule has 1 heterocycles. The molecule has 9 heteroatoms. The van der Waals surface area contributed by atoms with Crippen molar-refractivity contribution in [1.29, 1.82) is 0 Å². The summed E-state index contributed by atoms with van der Waals surface area (Å²) in [6, 6.07) is 11.1. The van der Waals surface area contributed by atoms with Crippen LogP contribution in [0.1, 0.15) is 55.3 Å². The number of nitrogens with one attached hydrogen (secondary N) is 2. The number of halogens is 1. The number of hydrogen-bond acceptors (Lipinski definition) is 4. The van der Waals surface area contributed by atoms with Crippen LogP contribution in [0, 0.1) is 5.92 Å². The van der Waals surface area contributed by atoms with Gasteiger partial charge in [-0.05, 0) is 62.1 Å². The van der Waals surface area contributed by atoms with E-state index < -0.39 is 15.9 Å². The number of carbonyl (C=O) groups is 2. The molecule has 33 heavy (non-hydrogen) atoms. The number of carbonyl (C=O) groups excluding carboxylic acids is 2. The second kappa shape index (κ2) is 10.2. The summed E-state index contributed by atoms with van der Waals surface area (Å²) >= 11 is 6.19. The van der Waals surface area contributed by atoms with Gasteiger partial charge in [0.2, 0.25) is 15.9 Å². The molecule has 7 nitrogen and oxygen atoms in total. The fourth-order valence-corrected chi connectivity index (χ4v) is 6.41. The first-order valence-corrected chi connectivity index (χ1v) is 13.2. The second-order valence-electron chi connectivity index (χ2n) is 8.62. The molecule has 176 valence electrons. The van der Waals surface area contributed by atoms with E-state index in [9.17, 15) is 18.0 Å². The molecular formula is C24H28ClN3O4S. The molecule has 2 aliphatic rings. The van der Waals surface area contributed by atoms with Gasteiger partial charge in [0.25, 0.3) is 5.91 Å². The Labute approximate surface area is 199 Å². The first kappa shape index (κ1) is 23.7. The highest BCUT2D eigenvalue weighted by molar-refractivity contribution is 7.89. The minimum absolute atomic E-state index is 0.0123. The average molecular weight is 490 g/mol. The summed E-state index contributed by atoms with van der Waals surface area (Å²) in [5.41, 5.74) is 1.25. The lowest BCUT2D eigenvalue weighted by Crippen LogP contribution is -2.28. The fraction of sp³-hybridized carbons (Fsp3) is 0.417. The van der Waals surface area contributed by atoms with Crippen molar-refractivity contribution in [2.75, 3.05) is 23.7 Å². The van der Waals surface area contributed by atoms with E-state index in [2.05, 4.69) is 10.6 Å². The van der Waals surface area contributed by atoms with Crippen LogP contribution >= 0.6 is 11.6 Å². The molecule has 1 aliphatic carbocycles. The highest BCUT2D eigenvalue weighted by Gasteiger charge is 2.29. The molecule has 0 radical (unpaired) electrons. The smallest absolute Gasteiger partial charge is 0.255 e. The number of benzene rings is 2. The zero-order valence-electron chi connectivity index (χ0n) is 18.3. The monoisotopic (exact) mass is 489 g/mol. The molecule has 0 atom stereocenters. The Bertz CT molecular complexity index is 1140. The number of amides is 2. The lowest BCUT2D eigenvalue weighted by Gasteiger charge is -2.20. The van der Waals surface area contributed by atoms with Gasteiger partial charge in [-0.3, -0.25) is 9.59 Å². The summed E-state index contributed by atoms with van der Waals surface area (Å²) in [4.78, 5) is 25.3. The maximum absolute atomic E-state index is 12.9. The highest BCUT2D eigenvalue weighted by atomic mass is 35.5. The summed E-state index contributed by atoms with van der Waals surface area (Å²) in [5.74, 6) is -0.404. The van der Waals surface area contributed by atoms with Crippen LogP contribution in [0.5, 0.6) is 0 Å². The number of sulfonamides is 1. The van der Waals surface area contributed by atoms with Gasteiger partial charge in [0.1, 0.15) is 4.90 Å². The summed E-state index contributed by atoms with van der Waals surface area (Å²) in [6.45, 7) is 0.934. The SMILES string of the molecule is O=C(Nc1ccc(Cl)c(S(=O)(=O)N2CCCC2)c1)c1cccc(NC(=O)C2CCCCC2)c1. The Hall–Kier alpha value is -2.42. The topological polar surface area (TPSA) is 95.6 Å². The third-order valence-corrected chi connectivity index (χ3v) is 8.62. The van der Waals surface area contributed by atoms with Crippen LogP contribution in [0.2, 0.25) is 5.02 Å². The van der Waals surface area contributed by atoms with Crippen LogP contribution in [0.25, 0.3) is 0 Å². The Morgan fingerprint density at radius 2 is 1.58 bits per heavy atom. The minimum Gasteiger partial charge on any atom is -0.326 e. The molecule has 2 amide bonds. The molecular weight excluding hydrogens is 462 g/mol. The fourth-order valence-electron chi connectivity index (χ4n) is 4.40. The largest absolute Gasteiger partial charge is 0.326 e. The molecule has 0 aromatic heterocycles. The van der Waals surface area contributed by atoms with Crippen molar-refractivity contribution in [2.24, 2.45) is 5.92 Å². The van der Waals surface area contributed by atoms with E-state index in [1.807, 2.05) is 0 Å². The average Bonchev–Trinajstić information content (AvgIpc) is 3.37. The van der Waals surface area contributed by atoms with E-state index in [1.54, 1.807) is 30.3 Å². The summed E-state index contributed by atoms with van der Waals surface area (Å²) in [6.07, 6.45) is 6.73. The quantitative estimate of drug-likeness (QED) is 0.603. The molecule has 0 spiro atoms. The summed E-state index contributed by atoms with van der Waals surface area (Å²) in [7, 11) is -3.72. The van der Waals surface area contributed by atoms with Gasteiger partial charge in [0, 0.05) is 35.9 Å². The van der Waals surface area contributed by atoms with Gasteiger partial charge >= 0.3 is 0 Å². The van der Waals surface area contributed by atoms with E-state index >= 15 is 0 Å². The number of hydrogen-bond donors (Lipinski definition) is 2. The van der Waals surface area contributed by atoms with Crippen molar-refractivity contribution in [3.05, 3.63) is 53.1 Å². The van der Waals surface area contributed by atoms with Crippen molar-refractivity contribution in [3.8, 4) is 0 Å². The van der Waals surface area contributed by atoms with Gasteiger partial charge < -0.3 is 10.6 Å². The Kier molecular flexibility index (Phi) is 7.36. The maximum atomic E-state index is 12.9. The number of nitrogens with zero attached hydrogens (tertiary/aromatic N) is 1. The van der Waals surface area contributed by atoms with E-state index in [0.717, 1.165) is 38.5 Å². The molecule has 2 aromatic carbocycles. The summed E-state index contributed by atoms with van der Waals surface area (Å²) in [5, 5.41) is 5.77. The van der Waals surface area contributed by atoms with Gasteiger partial charge in [-0.1, -0.05) is 36.9 Å². The molecule has 4 rings (SSSR count). The molecule has 1 aliphatic heterocycles. The second-order valence-corrected chi connectivity index (χ2v) is 10.9. The summed E-state index contributed by atoms with van der Waals surface area (Å²) < 4.78 is 27.3. The van der Waals surface area contributed by atoms with Crippen LogP contribution in [0.15, 0.2) is 47.4 Å². The Morgan fingerprint density at radius 1 is 0.879 bits per heavy atom. The highest BCUT2D eigenvalue weighted by Crippen LogP contribution is 2.30. The van der Waals surface area contributed by atoms with Crippen molar-refractivity contribution >= 4 is 44.8 Å². The van der Waals surface area contributed by atoms with Crippen molar-refractivity contribution in [2.45, 2.75) is 49.8 Å². The zero-order chi connectivity index (χ0) is 23.4. The molecule has 0 unspecified atom stereocenters. The lowest BCUT2D eigenvalue weighted by molar-refractivity contribution is -0.120. The Balaban J connectivity index is 1.47. The molecule has 1 saturated heterocycles. The predicted molar refractivity (Wildman–Crippen MR) is 129 cm³/mol. The van der Waals surface area contributed by atoms with Crippen LogP contribution in [-0.4, -0.2) is 37.6 Å². The van der Waals surface area contributed by atoms with E-state index in [4.69, 9.17) is 11.6 Å². The van der Waals surface area contributed by atoms with Crippen molar-refractivity contribution < 1.29 is 18.0 Å². The molecule has 0 bridgehead atoms. The first-order valence-electron chi connectivity index (χ1n) is 11.4. The van der Waals surface area contributed by atoms with Crippen LogP contribution in [-0.2, 0) is 14.8 Å². The standard InChI is InChI=1S/C24H28ClN3O4S/c25-21-12-11-20(16-22(21)33(31,32)28-13-4-5-14-28)27-24(30)18-9-6-10-19(15-18)26-23(29)17-7-2-1-3-8-17/h6,9-12,15-17H,1-5,7-8,13-14H2,(H,26,29)(H,27,30). The molecule has 2 N–H and O–H groups in total. The zero-order valence-corrected chi connectivity index (χ0v) is 19.9. The number of anilines is 2. The van der Waals surface area contributed by atoms with Crippen molar-refractivity contribution in [1.82, 2.24) is 4.31 Å². The molecule has 1 saturated carbocycles. The van der Waals surface area contributed by atoms with Gasteiger partial charge in [-0.25, -0.2) is 8.42 Å². The van der Waals surface area contributed by atoms with Crippen LogP contribution in [0.4, 0.5) is 11.4 Å². The first-order chi connectivity index (χ1) is 15.8. The minimum atomic E-state index is -3.72. The van der Waals surface area contributed by atoms with Gasteiger partial charge in [0.05, 0.1) is 5.02 Å². The van der Waals surface area contributed by atoms with E-state index in [-0.39, 0.29) is 21.7 Å². The lowest BCUT2D eigenvalue weighted by atomic mass is 9.88. The van der Waals surface area contributed by atoms with Gasteiger partial charge in [-0.15, -0.1) is 0 Å². The third kappa shape index (κ3) is 5.57. The molecule has 2 aromatic rings. The number of rotatable bonds is 6. The maximum Gasteiger partial charge on any atom is 0.255 e. The van der Waals surface area contributed by atoms with Crippen LogP contribution in [0.3, 0.4) is 0 Å². The third-order valence-electron chi connectivity index (χ3n) is 6.24. The van der Waals surface area contributed by atoms with Crippen LogP contribution < -0.4 is 10.6 Å². The van der Waals surface area contributed by atoms with Gasteiger partial charge in [0.15, 0.2) is 0 Å². The van der Waals surface area contributed by atoms with Gasteiger partial charge in [-0.2, -0.15) is 4.31 Å². The Morgan fingerprint density at radius 3 is 2.30 bits per heavy atom.